The summed E-state index contributed by atoms with van der Waals surface area (Å²) in [6.07, 6.45) is 2.64. The zero-order valence-electron chi connectivity index (χ0n) is 20.8. The molecule has 7 nitrogen and oxygen atoms in total. The first-order chi connectivity index (χ1) is 17.6. The molecule has 6 rings (SSSR count). The Morgan fingerprint density at radius 2 is 1.78 bits per heavy atom. The maximum atomic E-state index is 12.3. The Bertz CT molecular complexity index is 1240. The molecule has 0 fully saturated rings. The van der Waals surface area contributed by atoms with Crippen LogP contribution in [0.4, 0.5) is 0 Å². The predicted octanol–water partition coefficient (Wildman–Crippen LogP) is 4.56. The largest absolute Gasteiger partial charge is 0.493 e. The molecule has 3 heterocycles. The van der Waals surface area contributed by atoms with Crippen LogP contribution in [0.2, 0.25) is 0 Å². The third-order valence-electron chi connectivity index (χ3n) is 6.67. The summed E-state index contributed by atoms with van der Waals surface area (Å²) in [4.78, 5) is 12.3. The van der Waals surface area contributed by atoms with Gasteiger partial charge in [-0.25, -0.2) is 0 Å². The Labute approximate surface area is 211 Å². The normalized spacial score (nSPS) is 17.8. The molecule has 0 aromatic heterocycles. The first kappa shape index (κ1) is 24.0. The second kappa shape index (κ2) is 10.9. The van der Waals surface area contributed by atoms with Gasteiger partial charge in [0.15, 0.2) is 23.0 Å². The van der Waals surface area contributed by atoms with Crippen LogP contribution in [0.1, 0.15) is 41.1 Å². The number of ether oxygens (including phenoxy) is 4. The van der Waals surface area contributed by atoms with E-state index in [4.69, 9.17) is 18.9 Å². The maximum absolute atomic E-state index is 12.3. The van der Waals surface area contributed by atoms with Crippen LogP contribution in [0.3, 0.4) is 0 Å². The minimum Gasteiger partial charge on any atom is -0.493 e. The van der Waals surface area contributed by atoms with Gasteiger partial charge in [0, 0.05) is 19.5 Å². The van der Waals surface area contributed by atoms with Crippen LogP contribution in [0.15, 0.2) is 54.6 Å². The van der Waals surface area contributed by atoms with Crippen molar-refractivity contribution >= 4 is 5.91 Å². The fraction of sp³-hybridized carbons (Fsp3) is 0.345. The molecule has 188 valence electrons. The standard InChI is InChI=1S/C29H32N2O5/c1-33-24-9-8-21-17-26(24)35-14-4-12-30-28(32)10-7-19-5-3-6-22(15-19)36-27-16-20-11-13-31-29(21)23(20)18-25(27)34-2/h3,5-6,8-9,15-18,29,31H,4,7,10-14H2,1-2H3,(H,30,32). The van der Waals surface area contributed by atoms with Crippen molar-refractivity contribution in [1.82, 2.24) is 10.6 Å². The molecule has 0 spiro atoms. The number of carbonyl (C=O) groups is 1. The van der Waals surface area contributed by atoms with Gasteiger partial charge in [-0.1, -0.05) is 18.2 Å². The van der Waals surface area contributed by atoms with Crippen molar-refractivity contribution in [2.45, 2.75) is 31.7 Å². The summed E-state index contributed by atoms with van der Waals surface area (Å²) in [5, 5.41) is 6.62. The molecular formula is C29H32N2O5. The summed E-state index contributed by atoms with van der Waals surface area (Å²) in [5.74, 6) is 3.47. The summed E-state index contributed by atoms with van der Waals surface area (Å²) in [7, 11) is 3.30. The van der Waals surface area contributed by atoms with E-state index in [-0.39, 0.29) is 11.9 Å². The van der Waals surface area contributed by atoms with Crippen LogP contribution in [0.5, 0.6) is 28.7 Å². The lowest BCUT2D eigenvalue weighted by Crippen LogP contribution is -2.30. The predicted molar refractivity (Wildman–Crippen MR) is 137 cm³/mol. The van der Waals surface area contributed by atoms with Gasteiger partial charge in [-0.05, 0) is 77.9 Å². The molecule has 1 unspecified atom stereocenters. The van der Waals surface area contributed by atoms with Crippen LogP contribution >= 0.6 is 0 Å². The molecule has 8 bridgehead atoms. The number of hydrogen-bond donors (Lipinski definition) is 2. The van der Waals surface area contributed by atoms with Crippen LogP contribution in [-0.2, 0) is 17.6 Å². The highest BCUT2D eigenvalue weighted by Gasteiger charge is 2.25. The second-order valence-electron chi connectivity index (χ2n) is 9.05. The van der Waals surface area contributed by atoms with Gasteiger partial charge >= 0.3 is 0 Å². The molecule has 3 aromatic rings. The second-order valence-corrected chi connectivity index (χ2v) is 9.05. The number of benzene rings is 3. The van der Waals surface area contributed by atoms with Gasteiger partial charge in [0.25, 0.3) is 0 Å². The van der Waals surface area contributed by atoms with E-state index in [1.807, 2.05) is 36.4 Å². The van der Waals surface area contributed by atoms with Gasteiger partial charge in [0.2, 0.25) is 5.91 Å². The van der Waals surface area contributed by atoms with Crippen LogP contribution in [0.25, 0.3) is 0 Å². The van der Waals surface area contributed by atoms with Crippen molar-refractivity contribution in [2.24, 2.45) is 0 Å². The van der Waals surface area contributed by atoms with E-state index >= 15 is 0 Å². The Hall–Kier alpha value is -3.71. The fourth-order valence-corrected chi connectivity index (χ4v) is 4.81. The van der Waals surface area contributed by atoms with Gasteiger partial charge in [0.05, 0.1) is 26.9 Å². The SMILES string of the molecule is COc1ccc2cc1OCCCNC(=O)CCc1cccc(c1)Oc1cc3c(cc1OC)C2NCC3. The van der Waals surface area contributed by atoms with E-state index in [0.717, 1.165) is 35.4 Å². The minimum atomic E-state index is -0.0156. The van der Waals surface area contributed by atoms with Gasteiger partial charge in [-0.3, -0.25) is 4.79 Å². The number of hydrogen-bond acceptors (Lipinski definition) is 6. The highest BCUT2D eigenvalue weighted by molar-refractivity contribution is 5.76. The molecule has 3 aromatic carbocycles. The lowest BCUT2D eigenvalue weighted by atomic mass is 9.89. The number of methoxy groups -OCH3 is 2. The van der Waals surface area contributed by atoms with E-state index in [1.54, 1.807) is 14.2 Å². The van der Waals surface area contributed by atoms with Crippen molar-refractivity contribution < 1.29 is 23.7 Å². The quantitative estimate of drug-likeness (QED) is 0.551. The molecule has 36 heavy (non-hydrogen) atoms. The van der Waals surface area contributed by atoms with Crippen molar-refractivity contribution in [1.29, 1.82) is 0 Å². The zero-order valence-corrected chi connectivity index (χ0v) is 20.8. The highest BCUT2D eigenvalue weighted by Crippen LogP contribution is 2.41. The Morgan fingerprint density at radius 3 is 2.64 bits per heavy atom. The molecule has 0 aliphatic carbocycles. The molecule has 7 heteroatoms. The monoisotopic (exact) mass is 488 g/mol. The number of aryl methyl sites for hydroxylation is 1. The van der Waals surface area contributed by atoms with Crippen molar-refractivity contribution in [3.63, 3.8) is 0 Å². The number of fused-ring (bicyclic) bond motifs is 8. The van der Waals surface area contributed by atoms with E-state index in [2.05, 4.69) is 28.8 Å². The lowest BCUT2D eigenvalue weighted by Gasteiger charge is -2.29. The molecular weight excluding hydrogens is 456 g/mol. The number of carbonyl (C=O) groups excluding carboxylic acids is 1. The summed E-state index contributed by atoms with van der Waals surface area (Å²) >= 11 is 0. The van der Waals surface area contributed by atoms with Gasteiger partial charge < -0.3 is 29.6 Å². The van der Waals surface area contributed by atoms with Gasteiger partial charge in [-0.2, -0.15) is 0 Å². The summed E-state index contributed by atoms with van der Waals surface area (Å²) in [6.45, 7) is 1.88. The van der Waals surface area contributed by atoms with E-state index < -0.39 is 0 Å². The van der Waals surface area contributed by atoms with E-state index in [1.165, 1.54) is 5.56 Å². The average Bonchev–Trinajstić information content (AvgIpc) is 2.90. The Kier molecular flexibility index (Phi) is 7.28. The Morgan fingerprint density at radius 1 is 0.889 bits per heavy atom. The van der Waals surface area contributed by atoms with E-state index in [0.29, 0.717) is 55.4 Å². The first-order valence-electron chi connectivity index (χ1n) is 12.4. The summed E-state index contributed by atoms with van der Waals surface area (Å²) in [5.41, 5.74) is 4.51. The van der Waals surface area contributed by atoms with Crippen molar-refractivity contribution in [2.75, 3.05) is 33.9 Å². The Balaban J connectivity index is 1.55. The smallest absolute Gasteiger partial charge is 0.220 e. The topological polar surface area (TPSA) is 78.1 Å². The van der Waals surface area contributed by atoms with Crippen LogP contribution in [0, 0.1) is 0 Å². The molecule has 1 atom stereocenters. The molecule has 0 saturated carbocycles. The van der Waals surface area contributed by atoms with E-state index in [9.17, 15) is 4.79 Å². The zero-order chi connectivity index (χ0) is 24.9. The molecule has 0 radical (unpaired) electrons. The summed E-state index contributed by atoms with van der Waals surface area (Å²) < 4.78 is 23.7. The fourth-order valence-electron chi connectivity index (χ4n) is 4.81. The highest BCUT2D eigenvalue weighted by atomic mass is 16.5. The van der Waals surface area contributed by atoms with Crippen LogP contribution in [-0.4, -0.2) is 39.8 Å². The maximum Gasteiger partial charge on any atom is 0.220 e. The number of amides is 1. The minimum absolute atomic E-state index is 0.0156. The molecule has 0 saturated heterocycles. The van der Waals surface area contributed by atoms with Gasteiger partial charge in [0.1, 0.15) is 5.75 Å². The van der Waals surface area contributed by atoms with Crippen LogP contribution < -0.4 is 29.6 Å². The molecule has 2 N–H and O–H groups in total. The van der Waals surface area contributed by atoms with Crippen molar-refractivity contribution in [3.8, 4) is 28.7 Å². The number of nitrogens with one attached hydrogen (secondary N) is 2. The third-order valence-corrected chi connectivity index (χ3v) is 6.67. The van der Waals surface area contributed by atoms with Crippen molar-refractivity contribution in [3.05, 3.63) is 76.9 Å². The number of rotatable bonds is 2. The molecule has 1 amide bonds. The van der Waals surface area contributed by atoms with Gasteiger partial charge in [-0.15, -0.1) is 0 Å². The molecule has 3 aliphatic rings. The average molecular weight is 489 g/mol. The molecule has 3 aliphatic heterocycles. The first-order valence-corrected chi connectivity index (χ1v) is 12.4. The summed E-state index contributed by atoms with van der Waals surface area (Å²) in [6, 6.07) is 18.1. The lowest BCUT2D eigenvalue weighted by molar-refractivity contribution is -0.121. The third kappa shape index (κ3) is 5.26.